The van der Waals surface area contributed by atoms with Crippen molar-refractivity contribution in [3.63, 3.8) is 0 Å². The molecule has 1 atom stereocenters. The lowest BCUT2D eigenvalue weighted by atomic mass is 9.91. The predicted octanol–water partition coefficient (Wildman–Crippen LogP) is 4.10. The van der Waals surface area contributed by atoms with E-state index >= 15 is 0 Å². The van der Waals surface area contributed by atoms with E-state index in [9.17, 15) is 13.6 Å². The number of hydrogen-bond donors (Lipinski definition) is 0. The third-order valence-corrected chi connectivity index (χ3v) is 4.26. The van der Waals surface area contributed by atoms with Crippen LogP contribution in [-0.2, 0) is 11.2 Å². The van der Waals surface area contributed by atoms with E-state index in [1.165, 1.54) is 12.1 Å². The molecule has 1 aromatic rings. The van der Waals surface area contributed by atoms with E-state index in [-0.39, 0.29) is 5.91 Å². The number of benzene rings is 1. The number of halogens is 2. The van der Waals surface area contributed by atoms with Gasteiger partial charge in [-0.2, -0.15) is 0 Å². The van der Waals surface area contributed by atoms with Crippen molar-refractivity contribution in [2.45, 2.75) is 38.5 Å². The van der Waals surface area contributed by atoms with Crippen LogP contribution in [0.2, 0.25) is 0 Å². The highest BCUT2D eigenvalue weighted by atomic mass is 19.2. The molecule has 2 rings (SSSR count). The number of amides is 1. The number of allylic oxidation sites excluding steroid dienone is 1. The summed E-state index contributed by atoms with van der Waals surface area (Å²) in [5.41, 5.74) is 0.814. The number of rotatable bonds is 6. The lowest BCUT2D eigenvalue weighted by Gasteiger charge is -2.33. The summed E-state index contributed by atoms with van der Waals surface area (Å²) in [6.07, 6.45) is 6.74. The van der Waals surface area contributed by atoms with Gasteiger partial charge in [-0.05, 0) is 55.7 Å². The summed E-state index contributed by atoms with van der Waals surface area (Å²) in [6.45, 7) is 5.25. The molecule has 0 bridgehead atoms. The second-order valence-electron chi connectivity index (χ2n) is 5.96. The van der Waals surface area contributed by atoms with Gasteiger partial charge in [0.25, 0.3) is 0 Å². The van der Waals surface area contributed by atoms with Gasteiger partial charge in [0.15, 0.2) is 11.6 Å². The van der Waals surface area contributed by atoms with Gasteiger partial charge in [0, 0.05) is 19.5 Å². The molecule has 1 fully saturated rings. The summed E-state index contributed by atoms with van der Waals surface area (Å²) in [4.78, 5) is 14.0. The molecule has 1 heterocycles. The Labute approximate surface area is 130 Å². The first-order valence-corrected chi connectivity index (χ1v) is 7.92. The standard InChI is InChI=1S/C18H23F2NO/c1-2-3-6-18(22)21-11-4-5-15(13-21)8-7-14-9-10-16(19)17(20)12-14/h2,9-10,12,15H,1,3-8,11,13H2/t15-/m0/s1. The van der Waals surface area contributed by atoms with E-state index in [1.54, 1.807) is 12.1 Å². The third-order valence-electron chi connectivity index (χ3n) is 4.26. The predicted molar refractivity (Wildman–Crippen MR) is 83.4 cm³/mol. The van der Waals surface area contributed by atoms with E-state index in [0.29, 0.717) is 12.3 Å². The number of likely N-dealkylation sites (tertiary alicyclic amines) is 1. The minimum Gasteiger partial charge on any atom is -0.342 e. The van der Waals surface area contributed by atoms with E-state index in [2.05, 4.69) is 6.58 Å². The fourth-order valence-electron chi connectivity index (χ4n) is 2.98. The molecule has 1 aromatic carbocycles. The zero-order chi connectivity index (χ0) is 15.9. The summed E-state index contributed by atoms with van der Waals surface area (Å²) < 4.78 is 26.1. The molecule has 0 aliphatic carbocycles. The van der Waals surface area contributed by atoms with Crippen LogP contribution in [0.25, 0.3) is 0 Å². The van der Waals surface area contributed by atoms with Crippen molar-refractivity contribution in [2.24, 2.45) is 5.92 Å². The Hall–Kier alpha value is -1.71. The maximum atomic E-state index is 13.2. The molecular weight excluding hydrogens is 284 g/mol. The lowest BCUT2D eigenvalue weighted by molar-refractivity contribution is -0.132. The van der Waals surface area contributed by atoms with Crippen molar-refractivity contribution in [3.8, 4) is 0 Å². The molecular formula is C18H23F2NO. The van der Waals surface area contributed by atoms with Crippen LogP contribution in [0, 0.1) is 17.6 Å². The number of hydrogen-bond acceptors (Lipinski definition) is 1. The monoisotopic (exact) mass is 307 g/mol. The van der Waals surface area contributed by atoms with Gasteiger partial charge in [-0.3, -0.25) is 4.79 Å². The van der Waals surface area contributed by atoms with Crippen molar-refractivity contribution in [3.05, 3.63) is 48.1 Å². The van der Waals surface area contributed by atoms with Crippen molar-refractivity contribution in [2.75, 3.05) is 13.1 Å². The number of carbonyl (C=O) groups is 1. The van der Waals surface area contributed by atoms with Gasteiger partial charge in [-0.1, -0.05) is 12.1 Å². The Bertz CT molecular complexity index is 530. The largest absolute Gasteiger partial charge is 0.342 e. The Morgan fingerprint density at radius 1 is 1.36 bits per heavy atom. The van der Waals surface area contributed by atoms with Crippen LogP contribution in [0.3, 0.4) is 0 Å². The second-order valence-corrected chi connectivity index (χ2v) is 5.96. The molecule has 1 amide bonds. The summed E-state index contributed by atoms with van der Waals surface area (Å²) in [5.74, 6) is -0.963. The van der Waals surface area contributed by atoms with Crippen LogP contribution in [0.1, 0.15) is 37.7 Å². The molecule has 0 aromatic heterocycles. The fraction of sp³-hybridized carbons (Fsp3) is 0.500. The average molecular weight is 307 g/mol. The highest BCUT2D eigenvalue weighted by Gasteiger charge is 2.22. The first-order valence-electron chi connectivity index (χ1n) is 7.92. The smallest absolute Gasteiger partial charge is 0.222 e. The molecule has 0 radical (unpaired) electrons. The Kier molecular flexibility index (Phi) is 6.10. The summed E-state index contributed by atoms with van der Waals surface area (Å²) >= 11 is 0. The van der Waals surface area contributed by atoms with E-state index in [4.69, 9.17) is 0 Å². The molecule has 0 saturated carbocycles. The van der Waals surface area contributed by atoms with E-state index in [1.807, 2.05) is 4.90 Å². The topological polar surface area (TPSA) is 20.3 Å². The van der Waals surface area contributed by atoms with Crippen LogP contribution >= 0.6 is 0 Å². The van der Waals surface area contributed by atoms with Gasteiger partial charge in [-0.15, -0.1) is 6.58 Å². The van der Waals surface area contributed by atoms with Crippen molar-refractivity contribution in [1.82, 2.24) is 4.90 Å². The molecule has 1 aliphatic rings. The zero-order valence-corrected chi connectivity index (χ0v) is 12.9. The van der Waals surface area contributed by atoms with Gasteiger partial charge in [0.2, 0.25) is 5.91 Å². The minimum absolute atomic E-state index is 0.192. The maximum absolute atomic E-state index is 13.2. The first-order chi connectivity index (χ1) is 10.6. The number of aryl methyl sites for hydroxylation is 1. The zero-order valence-electron chi connectivity index (χ0n) is 12.9. The SMILES string of the molecule is C=CCCC(=O)N1CCC[C@@H](CCc2ccc(F)c(F)c2)C1. The summed E-state index contributed by atoms with van der Waals surface area (Å²) in [6, 6.07) is 4.08. The van der Waals surface area contributed by atoms with Crippen molar-refractivity contribution >= 4 is 5.91 Å². The van der Waals surface area contributed by atoms with Crippen molar-refractivity contribution in [1.29, 1.82) is 0 Å². The minimum atomic E-state index is -0.805. The molecule has 120 valence electrons. The van der Waals surface area contributed by atoms with Crippen LogP contribution in [-0.4, -0.2) is 23.9 Å². The van der Waals surface area contributed by atoms with E-state index in [0.717, 1.165) is 50.8 Å². The van der Waals surface area contributed by atoms with Crippen LogP contribution in [0.5, 0.6) is 0 Å². The summed E-state index contributed by atoms with van der Waals surface area (Å²) in [7, 11) is 0. The molecule has 1 saturated heterocycles. The Morgan fingerprint density at radius 2 is 2.18 bits per heavy atom. The number of carbonyl (C=O) groups excluding carboxylic acids is 1. The van der Waals surface area contributed by atoms with Gasteiger partial charge < -0.3 is 4.90 Å². The average Bonchev–Trinajstić information content (AvgIpc) is 2.54. The maximum Gasteiger partial charge on any atom is 0.222 e. The Balaban J connectivity index is 1.83. The van der Waals surface area contributed by atoms with Gasteiger partial charge in [0.05, 0.1) is 0 Å². The highest BCUT2D eigenvalue weighted by molar-refractivity contribution is 5.76. The quantitative estimate of drug-likeness (QED) is 0.725. The molecule has 0 spiro atoms. The van der Waals surface area contributed by atoms with Crippen LogP contribution < -0.4 is 0 Å². The number of nitrogens with zero attached hydrogens (tertiary/aromatic N) is 1. The van der Waals surface area contributed by atoms with Crippen molar-refractivity contribution < 1.29 is 13.6 Å². The molecule has 2 nitrogen and oxygen atoms in total. The van der Waals surface area contributed by atoms with E-state index < -0.39 is 11.6 Å². The van der Waals surface area contributed by atoms with Gasteiger partial charge in [0.1, 0.15) is 0 Å². The molecule has 0 N–H and O–H groups in total. The van der Waals surface area contributed by atoms with Gasteiger partial charge in [-0.25, -0.2) is 8.78 Å². The first kappa shape index (κ1) is 16.7. The number of piperidine rings is 1. The summed E-state index contributed by atoms with van der Waals surface area (Å²) in [5, 5.41) is 0. The fourth-order valence-corrected chi connectivity index (χ4v) is 2.98. The van der Waals surface area contributed by atoms with Crippen LogP contribution in [0.4, 0.5) is 8.78 Å². The third kappa shape index (κ3) is 4.65. The lowest BCUT2D eigenvalue weighted by Crippen LogP contribution is -2.39. The second kappa shape index (κ2) is 8.06. The molecule has 0 unspecified atom stereocenters. The molecule has 4 heteroatoms. The molecule has 22 heavy (non-hydrogen) atoms. The molecule has 1 aliphatic heterocycles. The normalized spacial score (nSPS) is 18.3. The van der Waals surface area contributed by atoms with Crippen LogP contribution in [0.15, 0.2) is 30.9 Å². The van der Waals surface area contributed by atoms with Gasteiger partial charge >= 0.3 is 0 Å². The highest BCUT2D eigenvalue weighted by Crippen LogP contribution is 2.23. The Morgan fingerprint density at radius 3 is 2.91 bits per heavy atom.